The van der Waals surface area contributed by atoms with E-state index in [1.54, 1.807) is 4.90 Å². The van der Waals surface area contributed by atoms with Gasteiger partial charge in [-0.25, -0.2) is 4.79 Å². The highest BCUT2D eigenvalue weighted by molar-refractivity contribution is 5.76. The third-order valence-corrected chi connectivity index (χ3v) is 4.83. The Labute approximate surface area is 147 Å². The van der Waals surface area contributed by atoms with Crippen LogP contribution in [0.5, 0.6) is 0 Å². The third kappa shape index (κ3) is 4.42. The lowest BCUT2D eigenvalue weighted by molar-refractivity contribution is -0.143. The number of hydrogen-bond donors (Lipinski definition) is 2. The Bertz CT molecular complexity index is 616. The first kappa shape index (κ1) is 17.5. The number of morpholine rings is 1. The van der Waals surface area contributed by atoms with Gasteiger partial charge in [0.05, 0.1) is 19.1 Å². The van der Waals surface area contributed by atoms with Crippen molar-refractivity contribution in [2.75, 3.05) is 44.3 Å². The van der Waals surface area contributed by atoms with E-state index in [-0.39, 0.29) is 12.6 Å². The SMILES string of the molecule is O=C(O)C1CCCN(C(=O)NCc2ccccc2N2CCOCC2)C1. The number of nitrogens with zero attached hydrogens (tertiary/aromatic N) is 2. The number of carbonyl (C=O) groups excluding carboxylic acids is 1. The van der Waals surface area contributed by atoms with E-state index < -0.39 is 11.9 Å². The molecule has 3 rings (SSSR count). The summed E-state index contributed by atoms with van der Waals surface area (Å²) in [6, 6.07) is 7.85. The number of nitrogens with one attached hydrogen (secondary N) is 1. The highest BCUT2D eigenvalue weighted by Gasteiger charge is 2.28. The summed E-state index contributed by atoms with van der Waals surface area (Å²) in [6.07, 6.45) is 1.37. The number of aliphatic carboxylic acids is 1. The first-order valence-corrected chi connectivity index (χ1v) is 8.81. The molecular formula is C18H25N3O4. The minimum absolute atomic E-state index is 0.192. The number of anilines is 1. The van der Waals surface area contributed by atoms with Crippen LogP contribution in [0.15, 0.2) is 24.3 Å². The fourth-order valence-electron chi connectivity index (χ4n) is 3.42. The molecule has 0 bridgehead atoms. The van der Waals surface area contributed by atoms with Crippen LogP contribution in [-0.4, -0.2) is 61.4 Å². The van der Waals surface area contributed by atoms with E-state index in [4.69, 9.17) is 9.84 Å². The molecule has 7 nitrogen and oxygen atoms in total. The molecule has 2 fully saturated rings. The molecule has 1 aromatic rings. The molecule has 0 spiro atoms. The van der Waals surface area contributed by atoms with Crippen molar-refractivity contribution < 1.29 is 19.4 Å². The van der Waals surface area contributed by atoms with Gasteiger partial charge in [0.2, 0.25) is 0 Å². The summed E-state index contributed by atoms with van der Waals surface area (Å²) in [7, 11) is 0. The molecule has 2 amide bonds. The largest absolute Gasteiger partial charge is 0.481 e. The van der Waals surface area contributed by atoms with E-state index >= 15 is 0 Å². The minimum Gasteiger partial charge on any atom is -0.481 e. The maximum atomic E-state index is 12.4. The maximum Gasteiger partial charge on any atom is 0.317 e. The lowest BCUT2D eigenvalue weighted by atomic mass is 9.99. The number of urea groups is 1. The van der Waals surface area contributed by atoms with Crippen molar-refractivity contribution in [3.05, 3.63) is 29.8 Å². The van der Waals surface area contributed by atoms with Gasteiger partial charge in [-0.3, -0.25) is 4.79 Å². The standard InChI is InChI=1S/C18H25N3O4/c22-17(23)15-5-3-7-21(13-15)18(24)19-12-14-4-1-2-6-16(14)20-8-10-25-11-9-20/h1-2,4,6,15H,3,5,7-13H2,(H,19,24)(H,22,23). The Balaban J connectivity index is 1.59. The van der Waals surface area contributed by atoms with Crippen molar-refractivity contribution in [1.82, 2.24) is 10.2 Å². The number of piperidine rings is 1. The Morgan fingerprint density at radius 3 is 2.72 bits per heavy atom. The van der Waals surface area contributed by atoms with Gasteiger partial charge in [-0.05, 0) is 24.5 Å². The van der Waals surface area contributed by atoms with Gasteiger partial charge < -0.3 is 25.0 Å². The van der Waals surface area contributed by atoms with Gasteiger partial charge in [-0.15, -0.1) is 0 Å². The number of rotatable bonds is 4. The molecule has 25 heavy (non-hydrogen) atoms. The Kier molecular flexibility index (Phi) is 5.75. The number of ether oxygens (including phenoxy) is 1. The van der Waals surface area contributed by atoms with Gasteiger partial charge in [-0.2, -0.15) is 0 Å². The Hall–Kier alpha value is -2.28. The average Bonchev–Trinajstić information content (AvgIpc) is 2.67. The van der Waals surface area contributed by atoms with Crippen LogP contribution in [0.4, 0.5) is 10.5 Å². The van der Waals surface area contributed by atoms with Crippen LogP contribution in [0.1, 0.15) is 18.4 Å². The predicted molar refractivity (Wildman–Crippen MR) is 93.6 cm³/mol. The minimum atomic E-state index is -0.824. The summed E-state index contributed by atoms with van der Waals surface area (Å²) >= 11 is 0. The fraction of sp³-hybridized carbons (Fsp3) is 0.556. The normalized spacial score (nSPS) is 21.0. The summed E-state index contributed by atoms with van der Waals surface area (Å²) < 4.78 is 5.40. The van der Waals surface area contributed by atoms with Crippen molar-refractivity contribution in [3.63, 3.8) is 0 Å². The second-order valence-electron chi connectivity index (χ2n) is 6.51. The van der Waals surface area contributed by atoms with Crippen LogP contribution in [0.2, 0.25) is 0 Å². The summed E-state index contributed by atoms with van der Waals surface area (Å²) in [5.41, 5.74) is 2.18. The van der Waals surface area contributed by atoms with Crippen molar-refractivity contribution in [2.24, 2.45) is 5.92 Å². The predicted octanol–water partition coefficient (Wildman–Crippen LogP) is 1.53. The van der Waals surface area contributed by atoms with Crippen LogP contribution in [-0.2, 0) is 16.1 Å². The molecule has 2 N–H and O–H groups in total. The Morgan fingerprint density at radius 2 is 1.96 bits per heavy atom. The zero-order valence-electron chi connectivity index (χ0n) is 14.3. The number of carboxylic acid groups (broad SMARTS) is 1. The molecule has 0 aliphatic carbocycles. The van der Waals surface area contributed by atoms with Crippen molar-refractivity contribution in [2.45, 2.75) is 19.4 Å². The number of benzene rings is 1. The molecular weight excluding hydrogens is 322 g/mol. The van der Waals surface area contributed by atoms with Crippen LogP contribution >= 0.6 is 0 Å². The maximum absolute atomic E-state index is 12.4. The number of carboxylic acids is 1. The van der Waals surface area contributed by atoms with Gasteiger partial charge >= 0.3 is 12.0 Å². The molecule has 7 heteroatoms. The van der Waals surface area contributed by atoms with Crippen LogP contribution in [0, 0.1) is 5.92 Å². The van der Waals surface area contributed by atoms with E-state index in [0.29, 0.717) is 32.7 Å². The molecule has 0 aromatic heterocycles. The second kappa shape index (κ2) is 8.20. The quantitative estimate of drug-likeness (QED) is 0.863. The number of likely N-dealkylation sites (tertiary alicyclic amines) is 1. The van der Waals surface area contributed by atoms with Gasteiger partial charge in [0, 0.05) is 38.4 Å². The number of amides is 2. The molecule has 0 radical (unpaired) electrons. The highest BCUT2D eigenvalue weighted by atomic mass is 16.5. The van der Waals surface area contributed by atoms with Gasteiger partial charge in [-0.1, -0.05) is 18.2 Å². The molecule has 1 atom stereocenters. The Morgan fingerprint density at radius 1 is 1.20 bits per heavy atom. The summed E-state index contributed by atoms with van der Waals surface area (Å²) in [5.74, 6) is -1.28. The zero-order valence-corrected chi connectivity index (χ0v) is 14.3. The van der Waals surface area contributed by atoms with Gasteiger partial charge in [0.15, 0.2) is 0 Å². The molecule has 2 saturated heterocycles. The van der Waals surface area contributed by atoms with E-state index in [1.807, 2.05) is 18.2 Å². The number of hydrogen-bond acceptors (Lipinski definition) is 4. The van der Waals surface area contributed by atoms with Crippen LogP contribution < -0.4 is 10.2 Å². The molecule has 2 aliphatic heterocycles. The molecule has 2 aliphatic rings. The molecule has 136 valence electrons. The van der Waals surface area contributed by atoms with Crippen molar-refractivity contribution in [1.29, 1.82) is 0 Å². The summed E-state index contributed by atoms with van der Waals surface area (Å²) in [4.78, 5) is 27.4. The summed E-state index contributed by atoms with van der Waals surface area (Å²) in [5, 5.41) is 12.1. The average molecular weight is 347 g/mol. The van der Waals surface area contributed by atoms with Crippen LogP contribution in [0.25, 0.3) is 0 Å². The van der Waals surface area contributed by atoms with Crippen LogP contribution in [0.3, 0.4) is 0 Å². The number of carbonyl (C=O) groups is 2. The highest BCUT2D eigenvalue weighted by Crippen LogP contribution is 2.22. The molecule has 0 saturated carbocycles. The van der Waals surface area contributed by atoms with Crippen molar-refractivity contribution >= 4 is 17.7 Å². The lowest BCUT2D eigenvalue weighted by Gasteiger charge is -2.32. The van der Waals surface area contributed by atoms with E-state index in [2.05, 4.69) is 16.3 Å². The van der Waals surface area contributed by atoms with E-state index in [1.165, 1.54) is 0 Å². The topological polar surface area (TPSA) is 82.1 Å². The third-order valence-electron chi connectivity index (χ3n) is 4.83. The fourth-order valence-corrected chi connectivity index (χ4v) is 3.42. The molecule has 2 heterocycles. The second-order valence-corrected chi connectivity index (χ2v) is 6.51. The van der Waals surface area contributed by atoms with E-state index in [9.17, 15) is 9.59 Å². The monoisotopic (exact) mass is 347 g/mol. The zero-order chi connectivity index (χ0) is 17.6. The van der Waals surface area contributed by atoms with Crippen molar-refractivity contribution in [3.8, 4) is 0 Å². The first-order chi connectivity index (χ1) is 12.1. The lowest BCUT2D eigenvalue weighted by Crippen LogP contribution is -2.47. The van der Waals surface area contributed by atoms with E-state index in [0.717, 1.165) is 30.8 Å². The number of para-hydroxylation sites is 1. The molecule has 1 unspecified atom stereocenters. The first-order valence-electron chi connectivity index (χ1n) is 8.81. The van der Waals surface area contributed by atoms with Gasteiger partial charge in [0.25, 0.3) is 0 Å². The smallest absolute Gasteiger partial charge is 0.317 e. The summed E-state index contributed by atoms with van der Waals surface area (Å²) in [6.45, 7) is 4.44. The molecule has 1 aromatic carbocycles. The van der Waals surface area contributed by atoms with Gasteiger partial charge in [0.1, 0.15) is 0 Å².